The first kappa shape index (κ1) is 17.8. The van der Waals surface area contributed by atoms with Crippen LogP contribution in [0.1, 0.15) is 15.9 Å². The molecule has 8 nitrogen and oxygen atoms in total. The van der Waals surface area contributed by atoms with E-state index in [9.17, 15) is 14.9 Å². The molecule has 0 aliphatic carbocycles. The van der Waals surface area contributed by atoms with Crippen molar-refractivity contribution in [3.8, 4) is 0 Å². The number of anilines is 2. The summed E-state index contributed by atoms with van der Waals surface area (Å²) in [5.74, 6) is -0.0132. The normalized spacial score (nSPS) is 14.9. The van der Waals surface area contributed by atoms with Crippen molar-refractivity contribution in [3.05, 3.63) is 57.8 Å². The van der Waals surface area contributed by atoms with E-state index in [0.717, 1.165) is 31.7 Å². The van der Waals surface area contributed by atoms with Crippen LogP contribution >= 0.6 is 0 Å². The van der Waals surface area contributed by atoms with Gasteiger partial charge in [-0.25, -0.2) is 4.98 Å². The van der Waals surface area contributed by atoms with Crippen LogP contribution in [0.5, 0.6) is 0 Å². The zero-order chi connectivity index (χ0) is 18.7. The average molecular weight is 355 g/mol. The van der Waals surface area contributed by atoms with Gasteiger partial charge in [0.2, 0.25) is 0 Å². The molecule has 1 fully saturated rings. The summed E-state index contributed by atoms with van der Waals surface area (Å²) in [6.45, 7) is 5.03. The highest BCUT2D eigenvalue weighted by Gasteiger charge is 2.24. The molecule has 0 radical (unpaired) electrons. The summed E-state index contributed by atoms with van der Waals surface area (Å²) >= 11 is 0. The van der Waals surface area contributed by atoms with Crippen LogP contribution < -0.4 is 10.2 Å². The van der Waals surface area contributed by atoms with Crippen LogP contribution in [0, 0.1) is 17.0 Å². The van der Waals surface area contributed by atoms with Gasteiger partial charge in [0, 0.05) is 44.0 Å². The largest absolute Gasteiger partial charge is 0.363 e. The Kier molecular flexibility index (Phi) is 5.13. The number of piperazine rings is 1. The first-order valence-electron chi connectivity index (χ1n) is 8.40. The molecular formula is C18H21N5O3. The first-order valence-corrected chi connectivity index (χ1v) is 8.40. The molecule has 0 unspecified atom stereocenters. The lowest BCUT2D eigenvalue weighted by atomic mass is 10.1. The fraction of sp³-hybridized carbons (Fsp3) is 0.333. The number of carbonyl (C=O) groups is 1. The van der Waals surface area contributed by atoms with Gasteiger partial charge < -0.3 is 15.1 Å². The third kappa shape index (κ3) is 3.97. The van der Waals surface area contributed by atoms with Crippen molar-refractivity contribution >= 4 is 23.1 Å². The van der Waals surface area contributed by atoms with Gasteiger partial charge in [0.1, 0.15) is 11.5 Å². The molecule has 0 atom stereocenters. The number of aromatic nitrogens is 1. The van der Waals surface area contributed by atoms with E-state index in [-0.39, 0.29) is 11.3 Å². The molecule has 1 saturated heterocycles. The van der Waals surface area contributed by atoms with Gasteiger partial charge in [-0.15, -0.1) is 0 Å². The topological polar surface area (TPSA) is 91.6 Å². The first-order chi connectivity index (χ1) is 12.4. The maximum absolute atomic E-state index is 12.4. The van der Waals surface area contributed by atoms with Gasteiger partial charge in [-0.3, -0.25) is 14.9 Å². The Morgan fingerprint density at radius 1 is 1.19 bits per heavy atom. The maximum atomic E-state index is 12.4. The van der Waals surface area contributed by atoms with Crippen LogP contribution in [0.15, 0.2) is 36.5 Å². The van der Waals surface area contributed by atoms with Crippen molar-refractivity contribution in [2.45, 2.75) is 6.92 Å². The third-order valence-electron chi connectivity index (χ3n) is 4.43. The van der Waals surface area contributed by atoms with Crippen molar-refractivity contribution in [1.82, 2.24) is 9.88 Å². The monoisotopic (exact) mass is 355 g/mol. The SMILES string of the molecule is Cc1ccc(NC(=O)c2ccc(N3CCN(C)CC3)c([N+](=O)[O-])c2)nc1. The Hall–Kier alpha value is -3.00. The average Bonchev–Trinajstić information content (AvgIpc) is 2.63. The van der Waals surface area contributed by atoms with Gasteiger partial charge in [0.05, 0.1) is 4.92 Å². The summed E-state index contributed by atoms with van der Waals surface area (Å²) < 4.78 is 0. The highest BCUT2D eigenvalue weighted by Crippen LogP contribution is 2.30. The third-order valence-corrected chi connectivity index (χ3v) is 4.43. The molecule has 8 heteroatoms. The van der Waals surface area contributed by atoms with Crippen molar-refractivity contribution in [1.29, 1.82) is 0 Å². The number of aryl methyl sites for hydroxylation is 1. The number of amides is 1. The molecule has 1 aliphatic heterocycles. The molecule has 0 bridgehead atoms. The number of nitrogens with one attached hydrogen (secondary N) is 1. The Morgan fingerprint density at radius 2 is 1.92 bits per heavy atom. The number of carbonyl (C=O) groups excluding carboxylic acids is 1. The molecule has 1 N–H and O–H groups in total. The Labute approximate surface area is 151 Å². The number of pyridine rings is 1. The minimum atomic E-state index is -0.436. The highest BCUT2D eigenvalue weighted by molar-refractivity contribution is 6.04. The van der Waals surface area contributed by atoms with E-state index in [1.165, 1.54) is 6.07 Å². The lowest BCUT2D eigenvalue weighted by molar-refractivity contribution is -0.384. The number of nitro benzene ring substituents is 1. The number of benzene rings is 1. The predicted octanol–water partition coefficient (Wildman–Crippen LogP) is 2.30. The Bertz CT molecular complexity index is 814. The van der Waals surface area contributed by atoms with Crippen molar-refractivity contribution in [2.75, 3.05) is 43.4 Å². The molecule has 1 amide bonds. The summed E-state index contributed by atoms with van der Waals surface area (Å²) in [6, 6.07) is 8.13. The molecule has 2 heterocycles. The Morgan fingerprint density at radius 3 is 2.54 bits per heavy atom. The minimum Gasteiger partial charge on any atom is -0.363 e. The van der Waals surface area contributed by atoms with Crippen molar-refractivity contribution < 1.29 is 9.72 Å². The van der Waals surface area contributed by atoms with Crippen LogP contribution in [-0.2, 0) is 0 Å². The Balaban J connectivity index is 1.82. The van der Waals surface area contributed by atoms with Gasteiger partial charge in [-0.1, -0.05) is 6.07 Å². The molecular weight excluding hydrogens is 334 g/mol. The van der Waals surface area contributed by atoms with E-state index in [4.69, 9.17) is 0 Å². The molecule has 0 spiro atoms. The fourth-order valence-electron chi connectivity index (χ4n) is 2.86. The van der Waals surface area contributed by atoms with E-state index in [2.05, 4.69) is 15.2 Å². The van der Waals surface area contributed by atoms with E-state index < -0.39 is 10.8 Å². The van der Waals surface area contributed by atoms with Crippen LogP contribution in [0.4, 0.5) is 17.2 Å². The second-order valence-corrected chi connectivity index (χ2v) is 6.43. The zero-order valence-electron chi connectivity index (χ0n) is 14.8. The second kappa shape index (κ2) is 7.49. The summed E-state index contributed by atoms with van der Waals surface area (Å²) in [5.41, 5.74) is 1.71. The molecule has 2 aromatic rings. The fourth-order valence-corrected chi connectivity index (χ4v) is 2.86. The number of nitrogens with zero attached hydrogens (tertiary/aromatic N) is 4. The molecule has 1 aromatic carbocycles. The standard InChI is InChI=1S/C18H21N5O3/c1-13-3-6-17(19-12-13)20-18(24)14-4-5-15(16(11-14)23(25)26)22-9-7-21(2)8-10-22/h3-6,11-12H,7-10H2,1-2H3,(H,19,20,24). The molecule has 1 aromatic heterocycles. The van der Waals surface area contributed by atoms with Crippen LogP contribution in [-0.4, -0.2) is 53.9 Å². The highest BCUT2D eigenvalue weighted by atomic mass is 16.6. The summed E-state index contributed by atoms with van der Waals surface area (Å²) in [4.78, 5) is 31.8. The molecule has 3 rings (SSSR count). The van der Waals surface area contributed by atoms with Gasteiger partial charge >= 0.3 is 0 Å². The quantitative estimate of drug-likeness (QED) is 0.668. The molecule has 1 aliphatic rings. The lowest BCUT2D eigenvalue weighted by Crippen LogP contribution is -2.44. The molecule has 136 valence electrons. The van der Waals surface area contributed by atoms with Crippen LogP contribution in [0.25, 0.3) is 0 Å². The van der Waals surface area contributed by atoms with Gasteiger partial charge in [0.25, 0.3) is 11.6 Å². The zero-order valence-corrected chi connectivity index (χ0v) is 14.8. The minimum absolute atomic E-state index is 0.0564. The summed E-state index contributed by atoms with van der Waals surface area (Å²) in [6.07, 6.45) is 1.65. The van der Waals surface area contributed by atoms with Gasteiger partial charge in [-0.05, 0) is 37.7 Å². The van der Waals surface area contributed by atoms with Gasteiger partial charge in [-0.2, -0.15) is 0 Å². The molecule has 0 saturated carbocycles. The summed E-state index contributed by atoms with van der Waals surface area (Å²) in [7, 11) is 2.03. The number of likely N-dealkylation sites (N-methyl/N-ethyl adjacent to an activating group) is 1. The number of hydrogen-bond donors (Lipinski definition) is 1. The number of rotatable bonds is 4. The second-order valence-electron chi connectivity index (χ2n) is 6.43. The van der Waals surface area contributed by atoms with Crippen LogP contribution in [0.2, 0.25) is 0 Å². The van der Waals surface area contributed by atoms with Gasteiger partial charge in [0.15, 0.2) is 0 Å². The van der Waals surface area contributed by atoms with E-state index in [0.29, 0.717) is 11.5 Å². The van der Waals surface area contributed by atoms with Crippen molar-refractivity contribution in [2.24, 2.45) is 0 Å². The predicted molar refractivity (Wildman–Crippen MR) is 99.7 cm³/mol. The van der Waals surface area contributed by atoms with E-state index in [1.807, 2.05) is 24.9 Å². The number of hydrogen-bond acceptors (Lipinski definition) is 6. The number of nitro groups is 1. The van der Waals surface area contributed by atoms with E-state index in [1.54, 1.807) is 24.4 Å². The smallest absolute Gasteiger partial charge is 0.293 e. The van der Waals surface area contributed by atoms with E-state index >= 15 is 0 Å². The van der Waals surface area contributed by atoms with Crippen LogP contribution in [0.3, 0.4) is 0 Å². The van der Waals surface area contributed by atoms with Crippen molar-refractivity contribution in [3.63, 3.8) is 0 Å². The molecule has 26 heavy (non-hydrogen) atoms. The maximum Gasteiger partial charge on any atom is 0.293 e. The summed E-state index contributed by atoms with van der Waals surface area (Å²) in [5, 5.41) is 14.2. The lowest BCUT2D eigenvalue weighted by Gasteiger charge is -2.33.